The smallest absolute Gasteiger partial charge is 0.351 e. The molecule has 1 fully saturated rings. The van der Waals surface area contributed by atoms with Gasteiger partial charge in [0.15, 0.2) is 0 Å². The summed E-state index contributed by atoms with van der Waals surface area (Å²) in [5.41, 5.74) is 2.48. The van der Waals surface area contributed by atoms with E-state index in [1.165, 1.54) is 6.33 Å². The van der Waals surface area contributed by atoms with Gasteiger partial charge in [-0.15, -0.1) is 0 Å². The van der Waals surface area contributed by atoms with Crippen LogP contribution in [-0.2, 0) is 0 Å². The molecule has 0 atom stereocenters. The molecule has 3 N–H and O–H groups in total. The Balaban J connectivity index is 2.26. The van der Waals surface area contributed by atoms with E-state index in [1.807, 2.05) is 4.90 Å². The van der Waals surface area contributed by atoms with Gasteiger partial charge >= 0.3 is 5.69 Å². The van der Waals surface area contributed by atoms with Gasteiger partial charge in [0.2, 0.25) is 11.6 Å². The summed E-state index contributed by atoms with van der Waals surface area (Å²) in [7, 11) is 0. The third kappa shape index (κ3) is 2.90. The number of nitrogens with one attached hydrogen (secondary N) is 1. The molecule has 1 aliphatic rings. The molecule has 0 aromatic carbocycles. The predicted molar refractivity (Wildman–Crippen MR) is 81.0 cm³/mol. The van der Waals surface area contributed by atoms with E-state index in [1.54, 1.807) is 0 Å². The number of rotatable bonds is 5. The van der Waals surface area contributed by atoms with E-state index in [0.717, 1.165) is 38.8 Å². The molecule has 1 aromatic heterocycles. The molecule has 116 valence electrons. The van der Waals surface area contributed by atoms with Crippen LogP contribution in [-0.4, -0.2) is 28.0 Å². The molecule has 21 heavy (non-hydrogen) atoms. The average Bonchev–Trinajstić information content (AvgIpc) is 2.54. The monoisotopic (exact) mass is 294 g/mol. The fraction of sp³-hybridized carbons (Fsp3) is 0.692. The number of nitro groups is 1. The minimum absolute atomic E-state index is 0.0489. The van der Waals surface area contributed by atoms with Crippen molar-refractivity contribution >= 4 is 17.3 Å². The second-order valence-electron chi connectivity index (χ2n) is 5.49. The van der Waals surface area contributed by atoms with Crippen molar-refractivity contribution in [3.8, 4) is 0 Å². The van der Waals surface area contributed by atoms with Crippen LogP contribution in [0.3, 0.4) is 0 Å². The van der Waals surface area contributed by atoms with Crippen molar-refractivity contribution in [3.05, 3.63) is 16.4 Å². The first-order valence-electron chi connectivity index (χ1n) is 7.28. The quantitative estimate of drug-likeness (QED) is 0.486. The standard InChI is InChI=1S/C13H22N6O2/c1-3-13(4-2)5-7-18(8-6-13)12-10(19(20)21)11(17-14)15-9-16-12/h9H,3-8,14H2,1-2H3,(H,15,16,17). The van der Waals surface area contributed by atoms with Gasteiger partial charge in [0.1, 0.15) is 6.33 Å². The largest absolute Gasteiger partial charge is 0.354 e. The molecular formula is C13H22N6O2. The first-order valence-corrected chi connectivity index (χ1v) is 7.28. The van der Waals surface area contributed by atoms with E-state index in [2.05, 4.69) is 29.2 Å². The van der Waals surface area contributed by atoms with E-state index in [4.69, 9.17) is 5.84 Å². The lowest BCUT2D eigenvalue weighted by Gasteiger charge is -2.41. The maximum Gasteiger partial charge on any atom is 0.354 e. The van der Waals surface area contributed by atoms with Crippen LogP contribution in [0.4, 0.5) is 17.3 Å². The lowest BCUT2D eigenvalue weighted by atomic mass is 9.74. The van der Waals surface area contributed by atoms with E-state index in [0.29, 0.717) is 11.2 Å². The first kappa shape index (κ1) is 15.4. The van der Waals surface area contributed by atoms with Crippen LogP contribution >= 0.6 is 0 Å². The molecule has 0 bridgehead atoms. The Morgan fingerprint density at radius 1 is 1.38 bits per heavy atom. The third-order valence-electron chi connectivity index (χ3n) is 4.75. The van der Waals surface area contributed by atoms with E-state index < -0.39 is 4.92 Å². The normalized spacial score (nSPS) is 17.6. The Morgan fingerprint density at radius 3 is 2.48 bits per heavy atom. The second kappa shape index (κ2) is 6.21. The van der Waals surface area contributed by atoms with Crippen LogP contribution in [0.5, 0.6) is 0 Å². The van der Waals surface area contributed by atoms with Gasteiger partial charge in [-0.1, -0.05) is 26.7 Å². The Hall–Kier alpha value is -1.96. The SMILES string of the molecule is CCC1(CC)CCN(c2ncnc(NN)c2[N+](=O)[O-])CC1. The summed E-state index contributed by atoms with van der Waals surface area (Å²) in [5.74, 6) is 5.71. The maximum atomic E-state index is 11.3. The first-order chi connectivity index (χ1) is 10.1. The van der Waals surface area contributed by atoms with Crippen molar-refractivity contribution in [2.24, 2.45) is 11.3 Å². The third-order valence-corrected chi connectivity index (χ3v) is 4.75. The highest BCUT2D eigenvalue weighted by Gasteiger charge is 2.35. The predicted octanol–water partition coefficient (Wildman–Crippen LogP) is 2.08. The van der Waals surface area contributed by atoms with Gasteiger partial charge in [0.25, 0.3) is 0 Å². The minimum Gasteiger partial charge on any atom is -0.351 e. The number of hydrogen-bond donors (Lipinski definition) is 2. The Kier molecular flexibility index (Phi) is 4.56. The highest BCUT2D eigenvalue weighted by molar-refractivity contribution is 5.70. The van der Waals surface area contributed by atoms with Gasteiger partial charge in [0.05, 0.1) is 4.92 Å². The van der Waals surface area contributed by atoms with Gasteiger partial charge in [0, 0.05) is 13.1 Å². The summed E-state index contributed by atoms with van der Waals surface area (Å²) >= 11 is 0. The highest BCUT2D eigenvalue weighted by Crippen LogP contribution is 2.41. The molecule has 0 radical (unpaired) electrons. The van der Waals surface area contributed by atoms with Crippen LogP contribution in [0.15, 0.2) is 6.33 Å². The second-order valence-corrected chi connectivity index (χ2v) is 5.49. The Labute approximate surface area is 123 Å². The van der Waals surface area contributed by atoms with E-state index in [-0.39, 0.29) is 11.5 Å². The number of nitrogen functional groups attached to an aromatic ring is 1. The number of anilines is 2. The molecule has 0 aliphatic carbocycles. The van der Waals surface area contributed by atoms with Crippen LogP contribution in [0.1, 0.15) is 39.5 Å². The number of hydrazine groups is 1. The van der Waals surface area contributed by atoms with Crippen LogP contribution < -0.4 is 16.2 Å². The molecule has 8 nitrogen and oxygen atoms in total. The van der Waals surface area contributed by atoms with Crippen LogP contribution in [0, 0.1) is 15.5 Å². The van der Waals surface area contributed by atoms with Crippen molar-refractivity contribution in [1.82, 2.24) is 9.97 Å². The summed E-state index contributed by atoms with van der Waals surface area (Å²) in [5, 5.41) is 11.3. The van der Waals surface area contributed by atoms with Gasteiger partial charge in [-0.25, -0.2) is 15.8 Å². The van der Waals surface area contributed by atoms with Crippen molar-refractivity contribution in [3.63, 3.8) is 0 Å². The summed E-state index contributed by atoms with van der Waals surface area (Å²) in [4.78, 5) is 20.7. The fourth-order valence-corrected chi connectivity index (χ4v) is 3.02. The topological polar surface area (TPSA) is 110 Å². The molecule has 2 rings (SSSR count). The van der Waals surface area contributed by atoms with Gasteiger partial charge < -0.3 is 10.3 Å². The molecule has 8 heteroatoms. The highest BCUT2D eigenvalue weighted by atomic mass is 16.6. The van der Waals surface area contributed by atoms with Gasteiger partial charge in [-0.2, -0.15) is 0 Å². The average molecular weight is 294 g/mol. The Bertz CT molecular complexity index is 507. The zero-order valence-corrected chi connectivity index (χ0v) is 12.5. The van der Waals surface area contributed by atoms with Crippen molar-refractivity contribution < 1.29 is 4.92 Å². The van der Waals surface area contributed by atoms with Crippen LogP contribution in [0.2, 0.25) is 0 Å². The molecule has 0 spiro atoms. The number of nitrogens with two attached hydrogens (primary N) is 1. The lowest BCUT2D eigenvalue weighted by Crippen LogP contribution is -2.40. The number of piperidine rings is 1. The van der Waals surface area contributed by atoms with E-state index in [9.17, 15) is 10.1 Å². The molecular weight excluding hydrogens is 272 g/mol. The number of hydrogen-bond acceptors (Lipinski definition) is 7. The van der Waals surface area contributed by atoms with Gasteiger partial charge in [-0.05, 0) is 18.3 Å². The number of aromatic nitrogens is 2. The van der Waals surface area contributed by atoms with Crippen LogP contribution in [0.25, 0.3) is 0 Å². The van der Waals surface area contributed by atoms with Crippen molar-refractivity contribution in [1.29, 1.82) is 0 Å². The number of nitrogens with zero attached hydrogens (tertiary/aromatic N) is 4. The molecule has 1 saturated heterocycles. The lowest BCUT2D eigenvalue weighted by molar-refractivity contribution is -0.383. The summed E-state index contributed by atoms with van der Waals surface area (Å²) in [6.45, 7) is 5.96. The molecule has 0 amide bonds. The summed E-state index contributed by atoms with van der Waals surface area (Å²) in [6, 6.07) is 0. The maximum absolute atomic E-state index is 11.3. The molecule has 2 heterocycles. The zero-order valence-electron chi connectivity index (χ0n) is 12.5. The van der Waals surface area contributed by atoms with Crippen molar-refractivity contribution in [2.45, 2.75) is 39.5 Å². The minimum atomic E-state index is -0.480. The summed E-state index contributed by atoms with van der Waals surface area (Å²) in [6.07, 6.45) is 5.62. The summed E-state index contributed by atoms with van der Waals surface area (Å²) < 4.78 is 0. The van der Waals surface area contributed by atoms with Crippen molar-refractivity contribution in [2.75, 3.05) is 23.4 Å². The van der Waals surface area contributed by atoms with Gasteiger partial charge in [-0.3, -0.25) is 10.1 Å². The molecule has 1 aliphatic heterocycles. The molecule has 1 aromatic rings. The van der Waals surface area contributed by atoms with E-state index >= 15 is 0 Å². The molecule has 0 unspecified atom stereocenters. The Morgan fingerprint density at radius 2 is 2.00 bits per heavy atom. The fourth-order valence-electron chi connectivity index (χ4n) is 3.02. The molecule has 0 saturated carbocycles. The zero-order chi connectivity index (χ0) is 15.5.